The van der Waals surface area contributed by atoms with E-state index in [4.69, 9.17) is 12.2 Å². The van der Waals surface area contributed by atoms with Gasteiger partial charge in [-0.25, -0.2) is 0 Å². The van der Waals surface area contributed by atoms with E-state index in [1.165, 1.54) is 11.8 Å². The van der Waals surface area contributed by atoms with Crippen molar-refractivity contribution in [2.45, 2.75) is 0 Å². The van der Waals surface area contributed by atoms with Gasteiger partial charge in [0.1, 0.15) is 4.32 Å². The number of thioether (sulfide) groups is 1. The first-order valence-electron chi connectivity index (χ1n) is 4.05. The van der Waals surface area contributed by atoms with E-state index in [0.29, 0.717) is 9.23 Å². The Kier molecular flexibility index (Phi) is 2.65. The van der Waals surface area contributed by atoms with E-state index in [1.807, 2.05) is 36.4 Å². The quantitative estimate of drug-likeness (QED) is 0.582. The molecule has 1 aliphatic heterocycles. The van der Waals surface area contributed by atoms with E-state index in [2.05, 4.69) is 5.32 Å². The minimum absolute atomic E-state index is 0.108. The maximum absolute atomic E-state index is 11.3. The zero-order valence-corrected chi connectivity index (χ0v) is 8.82. The van der Waals surface area contributed by atoms with Crippen molar-refractivity contribution < 1.29 is 4.79 Å². The molecule has 0 spiro atoms. The Balaban J connectivity index is 2.28. The van der Waals surface area contributed by atoms with Crippen LogP contribution in [0.4, 0.5) is 0 Å². The van der Waals surface area contributed by atoms with E-state index in [-0.39, 0.29) is 5.91 Å². The number of carbonyl (C=O) groups is 1. The molecule has 70 valence electrons. The second kappa shape index (κ2) is 3.94. The van der Waals surface area contributed by atoms with Gasteiger partial charge >= 0.3 is 0 Å². The maximum atomic E-state index is 11.3. The van der Waals surface area contributed by atoms with Crippen LogP contribution >= 0.6 is 24.0 Å². The van der Waals surface area contributed by atoms with Crippen molar-refractivity contribution in [3.05, 3.63) is 40.8 Å². The van der Waals surface area contributed by atoms with E-state index in [0.717, 1.165) is 5.56 Å². The van der Waals surface area contributed by atoms with Crippen molar-refractivity contribution >= 4 is 40.3 Å². The molecule has 0 aliphatic carbocycles. The fourth-order valence-electron chi connectivity index (χ4n) is 1.12. The summed E-state index contributed by atoms with van der Waals surface area (Å²) in [4.78, 5) is 12.0. The average Bonchev–Trinajstić information content (AvgIpc) is 2.47. The van der Waals surface area contributed by atoms with E-state index >= 15 is 0 Å². The molecule has 1 N–H and O–H groups in total. The first-order chi connectivity index (χ1) is 6.75. The van der Waals surface area contributed by atoms with Gasteiger partial charge in [0, 0.05) is 0 Å². The van der Waals surface area contributed by atoms with Crippen molar-refractivity contribution in [2.24, 2.45) is 0 Å². The van der Waals surface area contributed by atoms with Gasteiger partial charge in [0.05, 0.1) is 4.91 Å². The number of hydrogen-bond donors (Lipinski definition) is 1. The standard InChI is InChI=1S/C10H7NOS2/c12-9-8(14-10(13)11-9)6-7-4-2-1-3-5-7/h1-6H,(H,11,12,13)/b8-6+. The molecule has 0 atom stereocenters. The van der Waals surface area contributed by atoms with Crippen LogP contribution in [-0.4, -0.2) is 10.2 Å². The van der Waals surface area contributed by atoms with Gasteiger partial charge in [-0.3, -0.25) is 4.79 Å². The Hall–Kier alpha value is -1.13. The van der Waals surface area contributed by atoms with Gasteiger partial charge < -0.3 is 5.32 Å². The summed E-state index contributed by atoms with van der Waals surface area (Å²) < 4.78 is 0.525. The van der Waals surface area contributed by atoms with Crippen LogP contribution in [0.1, 0.15) is 5.56 Å². The molecule has 1 aromatic rings. The summed E-state index contributed by atoms with van der Waals surface area (Å²) >= 11 is 6.18. The number of hydrogen-bond acceptors (Lipinski definition) is 3. The molecule has 1 fully saturated rings. The third-order valence-corrected chi connectivity index (χ3v) is 2.90. The highest BCUT2D eigenvalue weighted by Gasteiger charge is 2.21. The molecule has 1 aromatic carbocycles. The lowest BCUT2D eigenvalue weighted by molar-refractivity contribution is -0.115. The van der Waals surface area contributed by atoms with Crippen LogP contribution in [0.25, 0.3) is 6.08 Å². The van der Waals surface area contributed by atoms with Crippen LogP contribution < -0.4 is 5.32 Å². The topological polar surface area (TPSA) is 29.1 Å². The summed E-state index contributed by atoms with van der Waals surface area (Å²) in [6.07, 6.45) is 1.83. The molecule has 2 nitrogen and oxygen atoms in total. The van der Waals surface area contributed by atoms with Crippen LogP contribution in [0.3, 0.4) is 0 Å². The minimum Gasteiger partial charge on any atom is -0.307 e. The highest BCUT2D eigenvalue weighted by atomic mass is 32.2. The van der Waals surface area contributed by atoms with E-state index in [9.17, 15) is 4.79 Å². The molecular weight excluding hydrogens is 214 g/mol. The van der Waals surface area contributed by atoms with Crippen molar-refractivity contribution in [3.63, 3.8) is 0 Å². The molecule has 0 bridgehead atoms. The summed E-state index contributed by atoms with van der Waals surface area (Å²) in [6, 6.07) is 9.70. The number of benzene rings is 1. The third-order valence-electron chi connectivity index (χ3n) is 1.74. The van der Waals surface area contributed by atoms with Crippen molar-refractivity contribution in [1.29, 1.82) is 0 Å². The highest BCUT2D eigenvalue weighted by Crippen LogP contribution is 2.25. The van der Waals surface area contributed by atoms with Crippen LogP contribution in [0.2, 0.25) is 0 Å². The first kappa shape index (κ1) is 9.43. The maximum Gasteiger partial charge on any atom is 0.263 e. The second-order valence-electron chi connectivity index (χ2n) is 2.76. The molecule has 0 unspecified atom stereocenters. The average molecular weight is 221 g/mol. The Morgan fingerprint density at radius 2 is 2.00 bits per heavy atom. The molecule has 2 rings (SSSR count). The smallest absolute Gasteiger partial charge is 0.263 e. The predicted molar refractivity (Wildman–Crippen MR) is 62.8 cm³/mol. The summed E-state index contributed by atoms with van der Waals surface area (Å²) in [5.74, 6) is -0.108. The summed E-state index contributed by atoms with van der Waals surface area (Å²) in [7, 11) is 0. The van der Waals surface area contributed by atoms with Gasteiger partial charge in [0.15, 0.2) is 0 Å². The third kappa shape index (κ3) is 2.02. The van der Waals surface area contributed by atoms with Gasteiger partial charge in [-0.1, -0.05) is 54.3 Å². The predicted octanol–water partition coefficient (Wildman–Crippen LogP) is 2.18. The molecule has 1 heterocycles. The number of amides is 1. The summed E-state index contributed by atoms with van der Waals surface area (Å²) in [5.41, 5.74) is 1.01. The normalized spacial score (nSPS) is 18.7. The summed E-state index contributed by atoms with van der Waals surface area (Å²) in [5, 5.41) is 2.57. The lowest BCUT2D eigenvalue weighted by Gasteiger charge is -1.92. The molecular formula is C10H7NOS2. The number of nitrogens with one attached hydrogen (secondary N) is 1. The van der Waals surface area contributed by atoms with E-state index < -0.39 is 0 Å². The number of thiocarbonyl (C=S) groups is 1. The molecule has 1 amide bonds. The zero-order valence-electron chi connectivity index (χ0n) is 7.19. The van der Waals surface area contributed by atoms with Gasteiger partial charge in [0.25, 0.3) is 5.91 Å². The largest absolute Gasteiger partial charge is 0.307 e. The van der Waals surface area contributed by atoms with Crippen LogP contribution in [-0.2, 0) is 4.79 Å². The SMILES string of the molecule is O=C1NC(=S)S/C1=C/c1ccccc1. The first-order valence-corrected chi connectivity index (χ1v) is 5.28. The monoisotopic (exact) mass is 221 g/mol. The zero-order chi connectivity index (χ0) is 9.97. The lowest BCUT2D eigenvalue weighted by Crippen LogP contribution is -2.17. The Morgan fingerprint density at radius 3 is 2.57 bits per heavy atom. The molecule has 1 saturated heterocycles. The van der Waals surface area contributed by atoms with Crippen molar-refractivity contribution in [1.82, 2.24) is 5.32 Å². The molecule has 1 aliphatic rings. The van der Waals surface area contributed by atoms with Crippen molar-refractivity contribution in [2.75, 3.05) is 0 Å². The number of rotatable bonds is 1. The fraction of sp³-hybridized carbons (Fsp3) is 0. The Morgan fingerprint density at radius 1 is 1.29 bits per heavy atom. The van der Waals surface area contributed by atoms with Gasteiger partial charge in [0.2, 0.25) is 0 Å². The van der Waals surface area contributed by atoms with E-state index in [1.54, 1.807) is 0 Å². The van der Waals surface area contributed by atoms with Gasteiger partial charge in [-0.05, 0) is 11.6 Å². The van der Waals surface area contributed by atoms with Crippen molar-refractivity contribution in [3.8, 4) is 0 Å². The molecule has 0 radical (unpaired) electrons. The lowest BCUT2D eigenvalue weighted by atomic mass is 10.2. The summed E-state index contributed by atoms with van der Waals surface area (Å²) in [6.45, 7) is 0. The Bertz CT molecular complexity index is 411. The Labute approximate surface area is 91.4 Å². The second-order valence-corrected chi connectivity index (χ2v) is 4.48. The van der Waals surface area contributed by atoms with Crippen LogP contribution in [0.5, 0.6) is 0 Å². The molecule has 0 aromatic heterocycles. The highest BCUT2D eigenvalue weighted by molar-refractivity contribution is 8.26. The van der Waals surface area contributed by atoms with Crippen LogP contribution in [0, 0.1) is 0 Å². The number of carbonyl (C=O) groups excluding carboxylic acids is 1. The van der Waals surface area contributed by atoms with Gasteiger partial charge in [-0.2, -0.15) is 0 Å². The molecule has 0 saturated carbocycles. The molecule has 14 heavy (non-hydrogen) atoms. The van der Waals surface area contributed by atoms with Crippen LogP contribution in [0.15, 0.2) is 35.2 Å². The fourth-order valence-corrected chi connectivity index (χ4v) is 2.17. The van der Waals surface area contributed by atoms with Gasteiger partial charge in [-0.15, -0.1) is 0 Å². The minimum atomic E-state index is -0.108. The molecule has 4 heteroatoms.